The first-order valence-electron chi connectivity index (χ1n) is 7.63. The molecule has 0 aromatic heterocycles. The Kier molecular flexibility index (Phi) is 7.97. The zero-order chi connectivity index (χ0) is 18.2. The van der Waals surface area contributed by atoms with Gasteiger partial charge < -0.3 is 10.2 Å². The number of halogens is 4. The van der Waals surface area contributed by atoms with E-state index in [1.165, 1.54) is 24.1 Å². The van der Waals surface area contributed by atoms with E-state index in [9.17, 15) is 17.6 Å². The van der Waals surface area contributed by atoms with E-state index < -0.39 is 12.7 Å². The Hall–Kier alpha value is -1.83. The summed E-state index contributed by atoms with van der Waals surface area (Å²) in [6, 6.07) is 6.30. The van der Waals surface area contributed by atoms with Crippen LogP contribution in [0, 0.1) is 5.82 Å². The van der Waals surface area contributed by atoms with Crippen LogP contribution in [0.1, 0.15) is 12.0 Å². The number of aliphatic imine (C=N–C) groups is 1. The zero-order valence-corrected chi connectivity index (χ0v) is 14.2. The maximum atomic E-state index is 13.2. The summed E-state index contributed by atoms with van der Waals surface area (Å²) >= 11 is 0. The Morgan fingerprint density at radius 3 is 2.54 bits per heavy atom. The van der Waals surface area contributed by atoms with Gasteiger partial charge in [0.2, 0.25) is 0 Å². The highest BCUT2D eigenvalue weighted by Gasteiger charge is 2.28. The van der Waals surface area contributed by atoms with Crippen molar-refractivity contribution in [2.45, 2.75) is 19.1 Å². The fraction of sp³-hybridized carbons (Fsp3) is 0.562. The lowest BCUT2D eigenvalue weighted by Crippen LogP contribution is -2.40. The third-order valence-electron chi connectivity index (χ3n) is 3.33. The molecular weight excluding hydrogens is 324 g/mol. The lowest BCUT2D eigenvalue weighted by Gasteiger charge is -2.23. The Bertz CT molecular complexity index is 531. The smallest absolute Gasteiger partial charge is 0.356 e. The molecule has 1 aromatic carbocycles. The van der Waals surface area contributed by atoms with Gasteiger partial charge in [0.25, 0.3) is 0 Å². The molecule has 0 saturated heterocycles. The molecule has 0 unspecified atom stereocenters. The molecule has 1 aromatic rings. The molecule has 0 aliphatic carbocycles. The van der Waals surface area contributed by atoms with Gasteiger partial charge in [0.15, 0.2) is 5.96 Å². The molecule has 136 valence electrons. The predicted octanol–water partition coefficient (Wildman–Crippen LogP) is 2.72. The molecular formula is C16H24F4N4. The van der Waals surface area contributed by atoms with Gasteiger partial charge in [-0.15, -0.1) is 0 Å². The molecule has 4 nitrogen and oxygen atoms in total. The van der Waals surface area contributed by atoms with Gasteiger partial charge in [-0.3, -0.25) is 9.89 Å². The lowest BCUT2D eigenvalue weighted by atomic mass is 10.2. The van der Waals surface area contributed by atoms with Gasteiger partial charge in [-0.1, -0.05) is 12.1 Å². The Morgan fingerprint density at radius 2 is 1.96 bits per heavy atom. The first-order chi connectivity index (χ1) is 11.2. The van der Waals surface area contributed by atoms with E-state index >= 15 is 0 Å². The molecule has 8 heteroatoms. The van der Waals surface area contributed by atoms with Crippen LogP contribution in [0.25, 0.3) is 0 Å². The van der Waals surface area contributed by atoms with Crippen LogP contribution >= 0.6 is 0 Å². The van der Waals surface area contributed by atoms with Crippen LogP contribution in [-0.4, -0.2) is 62.7 Å². The number of nitrogens with one attached hydrogen (secondary N) is 1. The molecule has 0 bridgehead atoms. The zero-order valence-electron chi connectivity index (χ0n) is 14.2. The second-order valence-electron chi connectivity index (χ2n) is 5.67. The van der Waals surface area contributed by atoms with E-state index in [0.717, 1.165) is 5.56 Å². The minimum absolute atomic E-state index is 0.295. The van der Waals surface area contributed by atoms with E-state index in [4.69, 9.17) is 0 Å². The first kappa shape index (κ1) is 20.2. The highest BCUT2D eigenvalue weighted by atomic mass is 19.4. The number of benzene rings is 1. The van der Waals surface area contributed by atoms with Crippen molar-refractivity contribution < 1.29 is 17.6 Å². The van der Waals surface area contributed by atoms with Gasteiger partial charge in [0, 0.05) is 27.2 Å². The summed E-state index contributed by atoms with van der Waals surface area (Å²) in [6.07, 6.45) is -3.62. The van der Waals surface area contributed by atoms with Crippen molar-refractivity contribution in [1.82, 2.24) is 15.1 Å². The second-order valence-corrected chi connectivity index (χ2v) is 5.67. The second kappa shape index (κ2) is 9.46. The normalized spacial score (nSPS) is 12.6. The molecule has 24 heavy (non-hydrogen) atoms. The number of rotatable bonds is 7. The van der Waals surface area contributed by atoms with Crippen molar-refractivity contribution in [1.29, 1.82) is 0 Å². The topological polar surface area (TPSA) is 30.9 Å². The van der Waals surface area contributed by atoms with Crippen LogP contribution in [0.5, 0.6) is 0 Å². The first-order valence-corrected chi connectivity index (χ1v) is 7.63. The van der Waals surface area contributed by atoms with Crippen LogP contribution in [0.15, 0.2) is 29.3 Å². The molecule has 0 fully saturated rings. The molecule has 1 N–H and O–H groups in total. The summed E-state index contributed by atoms with van der Waals surface area (Å²) in [5.41, 5.74) is 0.811. The minimum Gasteiger partial charge on any atom is -0.356 e. The SMILES string of the molecule is CN=C(NCCCN(C)CC(F)(F)F)N(C)Cc1cccc(F)c1. The van der Waals surface area contributed by atoms with E-state index in [1.54, 1.807) is 13.1 Å². The monoisotopic (exact) mass is 348 g/mol. The highest BCUT2D eigenvalue weighted by molar-refractivity contribution is 5.79. The summed E-state index contributed by atoms with van der Waals surface area (Å²) in [5.74, 6) is 0.314. The van der Waals surface area contributed by atoms with Gasteiger partial charge >= 0.3 is 6.18 Å². The molecule has 0 aliphatic rings. The predicted molar refractivity (Wildman–Crippen MR) is 87.4 cm³/mol. The molecule has 1 rings (SSSR count). The Balaban J connectivity index is 2.37. The van der Waals surface area contributed by atoms with E-state index in [1.807, 2.05) is 18.0 Å². The molecule has 0 amide bonds. The van der Waals surface area contributed by atoms with Crippen molar-refractivity contribution >= 4 is 5.96 Å². The summed E-state index contributed by atoms with van der Waals surface area (Å²) in [5, 5.41) is 3.10. The maximum absolute atomic E-state index is 13.2. The number of alkyl halides is 3. The quantitative estimate of drug-likeness (QED) is 0.356. The van der Waals surface area contributed by atoms with Crippen LogP contribution in [0.2, 0.25) is 0 Å². The number of hydrogen-bond donors (Lipinski definition) is 1. The fourth-order valence-electron chi connectivity index (χ4n) is 2.30. The molecule has 0 aliphatic heterocycles. The maximum Gasteiger partial charge on any atom is 0.401 e. The van der Waals surface area contributed by atoms with Crippen molar-refractivity contribution in [3.63, 3.8) is 0 Å². The van der Waals surface area contributed by atoms with Crippen LogP contribution < -0.4 is 5.32 Å². The average Bonchev–Trinajstić information content (AvgIpc) is 2.45. The van der Waals surface area contributed by atoms with E-state index in [-0.39, 0.29) is 5.82 Å². The van der Waals surface area contributed by atoms with Crippen molar-refractivity contribution in [3.8, 4) is 0 Å². The number of nitrogens with zero attached hydrogens (tertiary/aromatic N) is 3. The molecule has 0 saturated carbocycles. The van der Waals surface area contributed by atoms with Crippen LogP contribution in [0.4, 0.5) is 17.6 Å². The van der Waals surface area contributed by atoms with E-state index in [2.05, 4.69) is 10.3 Å². The average molecular weight is 348 g/mol. The minimum atomic E-state index is -4.18. The van der Waals surface area contributed by atoms with Gasteiger partial charge in [-0.05, 0) is 37.7 Å². The summed E-state index contributed by atoms with van der Waals surface area (Å²) in [7, 11) is 4.88. The number of guanidine groups is 1. The van der Waals surface area contributed by atoms with Gasteiger partial charge in [0.1, 0.15) is 5.82 Å². The summed E-state index contributed by atoms with van der Waals surface area (Å²) < 4.78 is 49.9. The van der Waals surface area contributed by atoms with Crippen LogP contribution in [-0.2, 0) is 6.54 Å². The third-order valence-corrected chi connectivity index (χ3v) is 3.33. The lowest BCUT2D eigenvalue weighted by molar-refractivity contribution is -0.143. The van der Waals surface area contributed by atoms with Gasteiger partial charge in [0.05, 0.1) is 6.54 Å². The van der Waals surface area contributed by atoms with E-state index in [0.29, 0.717) is 32.0 Å². The van der Waals surface area contributed by atoms with Crippen molar-refractivity contribution in [2.24, 2.45) is 4.99 Å². The number of hydrogen-bond acceptors (Lipinski definition) is 2. The molecule has 0 heterocycles. The molecule has 0 atom stereocenters. The highest BCUT2D eigenvalue weighted by Crippen LogP contribution is 2.15. The summed E-state index contributed by atoms with van der Waals surface area (Å²) in [4.78, 5) is 7.19. The fourth-order valence-corrected chi connectivity index (χ4v) is 2.30. The van der Waals surface area contributed by atoms with Gasteiger partial charge in [-0.2, -0.15) is 13.2 Å². The van der Waals surface area contributed by atoms with Crippen LogP contribution in [0.3, 0.4) is 0 Å². The largest absolute Gasteiger partial charge is 0.401 e. The summed E-state index contributed by atoms with van der Waals surface area (Å²) in [6.45, 7) is 0.395. The van der Waals surface area contributed by atoms with Crippen molar-refractivity contribution in [3.05, 3.63) is 35.6 Å². The van der Waals surface area contributed by atoms with Gasteiger partial charge in [-0.25, -0.2) is 4.39 Å². The standard InChI is InChI=1S/C16H24F4N4/c1-21-15(22-8-5-9-23(2)12-16(18,19)20)24(3)11-13-6-4-7-14(17)10-13/h4,6-7,10H,5,8-9,11-12H2,1-3H3,(H,21,22). The molecule has 0 spiro atoms. The van der Waals surface area contributed by atoms with Crippen molar-refractivity contribution in [2.75, 3.05) is 40.8 Å². The Morgan fingerprint density at radius 1 is 1.25 bits per heavy atom. The molecule has 0 radical (unpaired) electrons. The third kappa shape index (κ3) is 8.14. The Labute approximate surface area is 140 Å².